The molecule has 1 heterocycles. The molecule has 0 spiro atoms. The Morgan fingerprint density at radius 2 is 0.879 bits per heavy atom. The van der Waals surface area contributed by atoms with Gasteiger partial charge in [0.05, 0.1) is 0 Å². The zero-order valence-corrected chi connectivity index (χ0v) is 32.2. The SMILES string of the molecule is CC1(C)c2cc(-c3ccc(-c4ccc5ccc6c(-c7ccccc7)ccc7ccc4c5c76)c4c3oc3cc5ccccc5cc34)ccc2-c2cc3ccccc3cc21. The van der Waals surface area contributed by atoms with Crippen molar-refractivity contribution >= 4 is 75.8 Å². The van der Waals surface area contributed by atoms with Crippen molar-refractivity contribution in [2.24, 2.45) is 0 Å². The summed E-state index contributed by atoms with van der Waals surface area (Å²) in [4.78, 5) is 0. The monoisotopic (exact) mass is 736 g/mol. The van der Waals surface area contributed by atoms with Gasteiger partial charge in [-0.05, 0) is 140 Å². The average Bonchev–Trinajstić information content (AvgIpc) is 3.74. The molecule has 58 heavy (non-hydrogen) atoms. The summed E-state index contributed by atoms with van der Waals surface area (Å²) >= 11 is 0. The highest BCUT2D eigenvalue weighted by Crippen LogP contribution is 2.52. The molecule has 0 saturated carbocycles. The van der Waals surface area contributed by atoms with E-state index in [-0.39, 0.29) is 5.41 Å². The molecule has 1 aromatic heterocycles. The second-order valence-electron chi connectivity index (χ2n) is 16.8. The van der Waals surface area contributed by atoms with Crippen LogP contribution in [0.2, 0.25) is 0 Å². The zero-order valence-electron chi connectivity index (χ0n) is 32.2. The summed E-state index contributed by atoms with van der Waals surface area (Å²) in [5.41, 5.74) is 14.3. The van der Waals surface area contributed by atoms with Crippen molar-refractivity contribution < 1.29 is 4.42 Å². The lowest BCUT2D eigenvalue weighted by atomic mass is 9.81. The summed E-state index contributed by atoms with van der Waals surface area (Å²) in [5, 5.41) is 15.0. The van der Waals surface area contributed by atoms with Crippen LogP contribution in [0.15, 0.2) is 186 Å². The van der Waals surface area contributed by atoms with E-state index in [0.717, 1.165) is 27.5 Å². The second kappa shape index (κ2) is 11.4. The van der Waals surface area contributed by atoms with Crippen molar-refractivity contribution in [2.45, 2.75) is 19.3 Å². The lowest BCUT2D eigenvalue weighted by Gasteiger charge is -2.22. The average molecular weight is 737 g/mol. The van der Waals surface area contributed by atoms with E-state index in [9.17, 15) is 0 Å². The number of fused-ring (bicyclic) bond motifs is 8. The summed E-state index contributed by atoms with van der Waals surface area (Å²) in [7, 11) is 0. The van der Waals surface area contributed by atoms with Crippen LogP contribution < -0.4 is 0 Å². The second-order valence-corrected chi connectivity index (χ2v) is 16.8. The number of hydrogen-bond acceptors (Lipinski definition) is 1. The Balaban J connectivity index is 1.07. The number of benzene rings is 11. The minimum Gasteiger partial charge on any atom is -0.455 e. The Kier molecular flexibility index (Phi) is 6.29. The number of furan rings is 1. The Morgan fingerprint density at radius 3 is 1.62 bits per heavy atom. The molecule has 1 aliphatic rings. The van der Waals surface area contributed by atoms with Gasteiger partial charge in [-0.25, -0.2) is 0 Å². The van der Waals surface area contributed by atoms with E-state index in [1.807, 2.05) is 0 Å². The predicted molar refractivity (Wildman–Crippen MR) is 246 cm³/mol. The molecule has 0 bridgehead atoms. The van der Waals surface area contributed by atoms with Gasteiger partial charge in [0.2, 0.25) is 0 Å². The molecule has 1 nitrogen and oxygen atoms in total. The standard InChI is InChI=1S/C57H36O/c1-57(2)50-31-40(20-23-44(50)48-28-36-12-6-8-14-38(36)30-51(48)57)42-26-27-47(55-49-29-37-13-7-9-15-39(37)32-52(49)58-56(42)55)43-22-17-35-18-24-45-41(33-10-4-3-5-11-33)21-16-34-19-25-46(43)54(35)53(34)45/h3-32H,1-2H3. The molecular weight excluding hydrogens is 701 g/mol. The number of rotatable bonds is 3. The molecule has 0 N–H and O–H groups in total. The van der Waals surface area contributed by atoms with E-state index in [1.165, 1.54) is 104 Å². The molecule has 11 aromatic carbocycles. The lowest BCUT2D eigenvalue weighted by Crippen LogP contribution is -2.15. The fourth-order valence-corrected chi connectivity index (χ4v) is 10.5. The van der Waals surface area contributed by atoms with Crippen molar-refractivity contribution in [3.8, 4) is 44.5 Å². The fraction of sp³-hybridized carbons (Fsp3) is 0.0526. The molecule has 270 valence electrons. The van der Waals surface area contributed by atoms with Crippen molar-refractivity contribution in [2.75, 3.05) is 0 Å². The van der Waals surface area contributed by atoms with Gasteiger partial charge in [-0.15, -0.1) is 0 Å². The smallest absolute Gasteiger partial charge is 0.143 e. The van der Waals surface area contributed by atoms with Crippen molar-refractivity contribution in [3.63, 3.8) is 0 Å². The van der Waals surface area contributed by atoms with E-state index in [4.69, 9.17) is 4.42 Å². The molecule has 1 heteroatoms. The third-order valence-electron chi connectivity index (χ3n) is 13.4. The Bertz CT molecular complexity index is 3690. The summed E-state index contributed by atoms with van der Waals surface area (Å²) in [6.45, 7) is 4.75. The highest BCUT2D eigenvalue weighted by molar-refractivity contribution is 6.29. The first-order valence-corrected chi connectivity index (χ1v) is 20.3. The van der Waals surface area contributed by atoms with Crippen molar-refractivity contribution in [3.05, 3.63) is 193 Å². The molecule has 1 aliphatic carbocycles. The van der Waals surface area contributed by atoms with Crippen LogP contribution >= 0.6 is 0 Å². The summed E-state index contributed by atoms with van der Waals surface area (Å²) < 4.78 is 7.08. The lowest BCUT2D eigenvalue weighted by molar-refractivity contribution is 0.661. The van der Waals surface area contributed by atoms with Crippen LogP contribution in [-0.2, 0) is 5.41 Å². The van der Waals surface area contributed by atoms with E-state index < -0.39 is 0 Å². The topological polar surface area (TPSA) is 13.1 Å². The van der Waals surface area contributed by atoms with E-state index >= 15 is 0 Å². The summed E-state index contributed by atoms with van der Waals surface area (Å²) in [5.74, 6) is 0. The van der Waals surface area contributed by atoms with Crippen LogP contribution in [0.3, 0.4) is 0 Å². The zero-order chi connectivity index (χ0) is 38.3. The van der Waals surface area contributed by atoms with Gasteiger partial charge in [-0.2, -0.15) is 0 Å². The van der Waals surface area contributed by atoms with E-state index in [1.54, 1.807) is 0 Å². The third-order valence-corrected chi connectivity index (χ3v) is 13.4. The molecule has 0 fully saturated rings. The van der Waals surface area contributed by atoms with Gasteiger partial charge in [-0.1, -0.05) is 159 Å². The van der Waals surface area contributed by atoms with Crippen LogP contribution in [0.4, 0.5) is 0 Å². The van der Waals surface area contributed by atoms with Crippen LogP contribution in [-0.4, -0.2) is 0 Å². The van der Waals surface area contributed by atoms with Crippen LogP contribution in [0, 0.1) is 0 Å². The Labute approximate surface area is 335 Å². The molecule has 0 radical (unpaired) electrons. The predicted octanol–water partition coefficient (Wildman–Crippen LogP) is 16.1. The maximum atomic E-state index is 7.08. The van der Waals surface area contributed by atoms with Gasteiger partial charge < -0.3 is 4.42 Å². The highest BCUT2D eigenvalue weighted by Gasteiger charge is 2.36. The first kappa shape index (κ1) is 31.9. The maximum absolute atomic E-state index is 7.08. The normalized spacial score (nSPS) is 13.5. The first-order chi connectivity index (χ1) is 28.5. The molecule has 0 amide bonds. The molecule has 0 aliphatic heterocycles. The van der Waals surface area contributed by atoms with Crippen molar-refractivity contribution in [1.82, 2.24) is 0 Å². The minimum atomic E-state index is -0.141. The Morgan fingerprint density at radius 1 is 0.328 bits per heavy atom. The van der Waals surface area contributed by atoms with Crippen LogP contribution in [0.5, 0.6) is 0 Å². The van der Waals surface area contributed by atoms with Crippen LogP contribution in [0.25, 0.3) is 120 Å². The van der Waals surface area contributed by atoms with Crippen LogP contribution in [0.1, 0.15) is 25.0 Å². The molecule has 0 saturated heterocycles. The Hall–Kier alpha value is -7.22. The highest BCUT2D eigenvalue weighted by atomic mass is 16.3. The van der Waals surface area contributed by atoms with Gasteiger partial charge in [0.25, 0.3) is 0 Å². The minimum absolute atomic E-state index is 0.141. The van der Waals surface area contributed by atoms with E-state index in [2.05, 4.69) is 196 Å². The summed E-state index contributed by atoms with van der Waals surface area (Å²) in [6, 6.07) is 67.6. The third kappa shape index (κ3) is 4.31. The molecule has 0 unspecified atom stereocenters. The van der Waals surface area contributed by atoms with Gasteiger partial charge >= 0.3 is 0 Å². The molecule has 13 rings (SSSR count). The first-order valence-electron chi connectivity index (χ1n) is 20.3. The molecule has 0 atom stereocenters. The van der Waals surface area contributed by atoms with Crippen molar-refractivity contribution in [1.29, 1.82) is 0 Å². The maximum Gasteiger partial charge on any atom is 0.143 e. The molecular formula is C57H36O. The van der Waals surface area contributed by atoms with E-state index in [0.29, 0.717) is 0 Å². The van der Waals surface area contributed by atoms with Gasteiger partial charge in [0.15, 0.2) is 0 Å². The van der Waals surface area contributed by atoms with Gasteiger partial charge in [-0.3, -0.25) is 0 Å². The quantitative estimate of drug-likeness (QED) is 0.165. The number of hydrogen-bond donors (Lipinski definition) is 0. The molecule has 12 aromatic rings. The largest absolute Gasteiger partial charge is 0.455 e. The fourth-order valence-electron chi connectivity index (χ4n) is 10.5. The van der Waals surface area contributed by atoms with Gasteiger partial charge in [0.1, 0.15) is 11.2 Å². The summed E-state index contributed by atoms with van der Waals surface area (Å²) in [6.07, 6.45) is 0. The van der Waals surface area contributed by atoms with Gasteiger partial charge in [0, 0.05) is 21.8 Å².